The van der Waals surface area contributed by atoms with E-state index in [-0.39, 0.29) is 5.41 Å². The van der Waals surface area contributed by atoms with Crippen LogP contribution in [0.4, 0.5) is 34.1 Å². The first-order chi connectivity index (χ1) is 26.0. The minimum absolute atomic E-state index is 0.00776. The monoisotopic (exact) mass is 702 g/mol. The Kier molecular flexibility index (Phi) is 8.60. The maximum absolute atomic E-state index is 2.50. The van der Waals surface area contributed by atoms with Crippen molar-refractivity contribution in [3.63, 3.8) is 0 Å². The molecule has 0 spiro atoms. The second-order valence-corrected chi connectivity index (χ2v) is 19.6. The molecule has 0 aromatic heterocycles. The van der Waals surface area contributed by atoms with Crippen LogP contribution in [0.25, 0.3) is 11.1 Å². The highest BCUT2D eigenvalue weighted by molar-refractivity contribution is 7.03. The van der Waals surface area contributed by atoms with E-state index in [0.29, 0.717) is 0 Å². The number of para-hydroxylation sites is 3. The number of rotatable bonds is 8. The van der Waals surface area contributed by atoms with Gasteiger partial charge in [0.2, 0.25) is 0 Å². The lowest BCUT2D eigenvalue weighted by molar-refractivity contribution is 0.346. The summed E-state index contributed by atoms with van der Waals surface area (Å²) < 4.78 is 0. The largest absolute Gasteiger partial charge is 0.311 e. The fourth-order valence-electron chi connectivity index (χ4n) is 9.22. The Morgan fingerprint density at radius 2 is 0.774 bits per heavy atom. The molecule has 3 heteroatoms. The van der Waals surface area contributed by atoms with E-state index in [2.05, 4.69) is 205 Å². The smallest absolute Gasteiger partial charge is 0.113 e. The van der Waals surface area contributed by atoms with E-state index in [9.17, 15) is 0 Å². The van der Waals surface area contributed by atoms with Crippen molar-refractivity contribution >= 4 is 52.6 Å². The van der Waals surface area contributed by atoms with Gasteiger partial charge in [-0.25, -0.2) is 0 Å². The van der Waals surface area contributed by atoms with E-state index in [0.717, 1.165) is 11.4 Å². The molecule has 1 aliphatic carbocycles. The van der Waals surface area contributed by atoms with E-state index in [4.69, 9.17) is 0 Å². The molecular weight excluding hydrogens is 657 g/mol. The molecule has 0 atom stereocenters. The average Bonchev–Trinajstić information content (AvgIpc) is 3.45. The van der Waals surface area contributed by atoms with Gasteiger partial charge in [0.05, 0.1) is 0 Å². The van der Waals surface area contributed by atoms with Gasteiger partial charge in [0.15, 0.2) is 0 Å². The normalized spacial score (nSPS) is 15.3. The molecule has 0 unspecified atom stereocenters. The lowest BCUT2D eigenvalue weighted by Gasteiger charge is -2.39. The van der Waals surface area contributed by atoms with Crippen molar-refractivity contribution < 1.29 is 0 Å². The summed E-state index contributed by atoms with van der Waals surface area (Å²) in [5.74, 6) is 0. The summed E-state index contributed by atoms with van der Waals surface area (Å²) in [4.78, 5) is 4.80. The van der Waals surface area contributed by atoms with E-state index >= 15 is 0 Å². The summed E-state index contributed by atoms with van der Waals surface area (Å²) in [5, 5.41) is 3.07. The fraction of sp³-hybridized carbons (Fsp3) is 0.160. The first kappa shape index (κ1) is 33.2. The average molecular weight is 703 g/mol. The molecule has 1 fully saturated rings. The molecule has 1 saturated carbocycles. The fourth-order valence-corrected chi connectivity index (χ4v) is 12.3. The molecule has 7 aromatic carbocycles. The van der Waals surface area contributed by atoms with Crippen LogP contribution in [0.5, 0.6) is 0 Å². The number of benzene rings is 7. The van der Waals surface area contributed by atoms with Crippen LogP contribution in [-0.4, -0.2) is 8.07 Å². The topological polar surface area (TPSA) is 6.48 Å². The summed E-state index contributed by atoms with van der Waals surface area (Å²) in [5.41, 5.74) is 12.7. The molecule has 7 aromatic rings. The van der Waals surface area contributed by atoms with Gasteiger partial charge in [0.25, 0.3) is 0 Å². The van der Waals surface area contributed by atoms with Gasteiger partial charge in [-0.1, -0.05) is 142 Å². The zero-order valence-corrected chi connectivity index (χ0v) is 31.8. The Labute approximate surface area is 316 Å². The highest BCUT2D eigenvalue weighted by atomic mass is 28.3. The van der Waals surface area contributed by atoms with Crippen LogP contribution in [-0.2, 0) is 5.41 Å². The number of fused-ring (bicyclic) bond motifs is 3. The van der Waals surface area contributed by atoms with Gasteiger partial charge < -0.3 is 9.80 Å². The zero-order valence-electron chi connectivity index (χ0n) is 30.8. The summed E-state index contributed by atoms with van der Waals surface area (Å²) >= 11 is 0. The molecule has 2 nitrogen and oxygen atoms in total. The Morgan fingerprint density at radius 1 is 0.377 bits per heavy atom. The molecule has 1 aliphatic heterocycles. The number of nitrogens with zero attached hydrogens (tertiary/aromatic N) is 2. The third kappa shape index (κ3) is 5.90. The summed E-state index contributed by atoms with van der Waals surface area (Å²) in [6.07, 6.45) is 6.13. The minimum Gasteiger partial charge on any atom is -0.311 e. The summed E-state index contributed by atoms with van der Waals surface area (Å²) in [7, 11) is -1.82. The van der Waals surface area contributed by atoms with E-state index in [1.54, 1.807) is 5.19 Å². The van der Waals surface area contributed by atoms with E-state index in [1.807, 2.05) is 0 Å². The highest BCUT2D eigenvalue weighted by Crippen LogP contribution is 2.47. The van der Waals surface area contributed by atoms with Gasteiger partial charge in [-0.15, -0.1) is 0 Å². The number of anilines is 6. The van der Waals surface area contributed by atoms with Crippen molar-refractivity contribution in [1.29, 1.82) is 0 Å². The number of hydrogen-bond acceptors (Lipinski definition) is 2. The van der Waals surface area contributed by atoms with Crippen LogP contribution in [0.15, 0.2) is 182 Å². The Hall–Kier alpha value is -5.64. The van der Waals surface area contributed by atoms with Crippen LogP contribution in [0.1, 0.15) is 43.2 Å². The van der Waals surface area contributed by atoms with Crippen LogP contribution in [0.3, 0.4) is 0 Å². The predicted octanol–water partition coefficient (Wildman–Crippen LogP) is 12.7. The molecule has 0 saturated heterocycles. The van der Waals surface area contributed by atoms with Crippen LogP contribution in [0.2, 0.25) is 13.1 Å². The minimum atomic E-state index is -1.82. The predicted molar refractivity (Wildman–Crippen MR) is 228 cm³/mol. The van der Waals surface area contributed by atoms with Crippen molar-refractivity contribution in [3.8, 4) is 11.1 Å². The standard InChI is InChI=1S/C50H46N2Si/c1-53(2)48-24-14-13-23-46(48)47-34-33-45(37-49(47)53)52(42-21-11-5-12-22-42)44-31-27-39(28-32-44)50(35-15-6-16-36-50)38-25-29-43(30-26-38)51(40-17-7-3-8-18-40)41-19-9-4-10-20-41/h3-5,7-14,17-34,37H,6,15-16,35-36H2,1-2H3. The van der Waals surface area contributed by atoms with E-state index < -0.39 is 8.07 Å². The molecule has 260 valence electrons. The Bertz CT molecular complexity index is 2290. The maximum Gasteiger partial charge on any atom is 0.113 e. The SMILES string of the molecule is C[Si]1(C)c2ccccc2-c2ccc(N(c3ccccc3)c3ccc(C4(c5ccc(N(c6ccccc6)c6ccccc6)cc5)CCCCC4)cc3)cc21. The van der Waals surface area contributed by atoms with Crippen molar-refractivity contribution in [2.75, 3.05) is 9.80 Å². The van der Waals surface area contributed by atoms with Crippen molar-refractivity contribution in [2.24, 2.45) is 0 Å². The maximum atomic E-state index is 2.50. The van der Waals surface area contributed by atoms with E-state index in [1.165, 1.54) is 82.3 Å². The van der Waals surface area contributed by atoms with Crippen LogP contribution < -0.4 is 20.2 Å². The number of hydrogen-bond donors (Lipinski definition) is 0. The van der Waals surface area contributed by atoms with Crippen molar-refractivity contribution in [1.82, 2.24) is 0 Å². The van der Waals surface area contributed by atoms with Gasteiger partial charge in [-0.2, -0.15) is 0 Å². The highest BCUT2D eigenvalue weighted by Gasteiger charge is 2.38. The molecule has 0 bridgehead atoms. The third-order valence-electron chi connectivity index (χ3n) is 11.9. The Morgan fingerprint density at radius 3 is 1.28 bits per heavy atom. The first-order valence-corrected chi connectivity index (χ1v) is 22.2. The van der Waals surface area contributed by atoms with Gasteiger partial charge in [0.1, 0.15) is 8.07 Å². The van der Waals surface area contributed by atoms with Crippen LogP contribution >= 0.6 is 0 Å². The van der Waals surface area contributed by atoms with Gasteiger partial charge in [-0.3, -0.25) is 0 Å². The van der Waals surface area contributed by atoms with Crippen molar-refractivity contribution in [2.45, 2.75) is 50.6 Å². The molecule has 0 amide bonds. The second-order valence-electron chi connectivity index (χ2n) is 15.3. The molecule has 2 aliphatic rings. The lowest BCUT2D eigenvalue weighted by Crippen LogP contribution is -2.49. The second kappa shape index (κ2) is 13.7. The molecule has 0 N–H and O–H groups in total. The van der Waals surface area contributed by atoms with Gasteiger partial charge in [0, 0.05) is 39.5 Å². The van der Waals surface area contributed by atoms with Crippen molar-refractivity contribution in [3.05, 3.63) is 193 Å². The Balaban J connectivity index is 1.08. The lowest BCUT2D eigenvalue weighted by atomic mass is 9.65. The summed E-state index contributed by atoms with van der Waals surface area (Å²) in [6.45, 7) is 5.00. The molecule has 0 radical (unpaired) electrons. The third-order valence-corrected chi connectivity index (χ3v) is 15.5. The van der Waals surface area contributed by atoms with Crippen LogP contribution in [0, 0.1) is 0 Å². The van der Waals surface area contributed by atoms with Gasteiger partial charge >= 0.3 is 0 Å². The molecule has 53 heavy (non-hydrogen) atoms. The summed E-state index contributed by atoms with van der Waals surface area (Å²) in [6, 6.07) is 67.5. The van der Waals surface area contributed by atoms with Gasteiger partial charge in [-0.05, 0) is 118 Å². The molecule has 9 rings (SSSR count). The molecular formula is C50H46N2Si. The first-order valence-electron chi connectivity index (χ1n) is 19.2. The molecule has 1 heterocycles. The quantitative estimate of drug-likeness (QED) is 0.145. The zero-order chi connectivity index (χ0) is 35.8.